The standard InChI is InChI=1S/C28H22FN5O3/c1-15(27-32-28(35)37-33-27)25-20-6-2-16(10-18(20)14-36-23-12-19(29)5-7-21(23)25)11-22-26(17-3-4-17)31-24-13-30-8-9-34(22)24/h2,5-10,12-13,17H,3-4,11,14H2,1H3,(H,32,33,35). The molecule has 37 heavy (non-hydrogen) atoms. The minimum Gasteiger partial charge on any atom is -0.488 e. The Morgan fingerprint density at radius 3 is 2.86 bits per heavy atom. The lowest BCUT2D eigenvalue weighted by atomic mass is 9.89. The number of hydrogen-bond acceptors (Lipinski definition) is 6. The van der Waals surface area contributed by atoms with Crippen LogP contribution in [-0.2, 0) is 13.0 Å². The van der Waals surface area contributed by atoms with Gasteiger partial charge < -0.3 is 9.14 Å². The van der Waals surface area contributed by atoms with Crippen LogP contribution in [0.2, 0.25) is 0 Å². The van der Waals surface area contributed by atoms with Crippen LogP contribution in [0.4, 0.5) is 4.39 Å². The topological polar surface area (TPSA) is 98.3 Å². The minimum atomic E-state index is -0.635. The van der Waals surface area contributed by atoms with Gasteiger partial charge in [0.05, 0.1) is 17.6 Å². The van der Waals surface area contributed by atoms with Gasteiger partial charge in [-0.3, -0.25) is 14.5 Å². The number of hydrogen-bond donors (Lipinski definition) is 1. The summed E-state index contributed by atoms with van der Waals surface area (Å²) in [5.74, 6) is 0.241. The van der Waals surface area contributed by atoms with Crippen molar-refractivity contribution in [3.05, 3.63) is 111 Å². The van der Waals surface area contributed by atoms with Gasteiger partial charge in [0, 0.05) is 41.9 Å². The molecule has 0 radical (unpaired) electrons. The first kappa shape index (κ1) is 21.7. The van der Waals surface area contributed by atoms with Crippen molar-refractivity contribution >= 4 is 16.8 Å². The van der Waals surface area contributed by atoms with Gasteiger partial charge in [0.15, 0.2) is 11.5 Å². The average Bonchev–Trinajstić information content (AvgIpc) is 3.59. The summed E-state index contributed by atoms with van der Waals surface area (Å²) in [6.07, 6.45) is 8.57. The lowest BCUT2D eigenvalue weighted by Gasteiger charge is -2.14. The molecule has 0 bridgehead atoms. The van der Waals surface area contributed by atoms with Crippen LogP contribution in [0.1, 0.15) is 65.1 Å². The second-order valence-corrected chi connectivity index (χ2v) is 9.56. The molecule has 4 heterocycles. The van der Waals surface area contributed by atoms with Crippen LogP contribution < -0.4 is 10.5 Å². The molecule has 0 amide bonds. The summed E-state index contributed by atoms with van der Waals surface area (Å²) in [6.45, 7) is 2.13. The van der Waals surface area contributed by atoms with Crippen LogP contribution in [0.15, 0.2) is 64.3 Å². The Kier molecular flexibility index (Phi) is 4.85. The first-order chi connectivity index (χ1) is 18.0. The molecule has 2 aliphatic rings. The van der Waals surface area contributed by atoms with Gasteiger partial charge in [-0.05, 0) is 54.2 Å². The quantitative estimate of drug-likeness (QED) is 0.382. The van der Waals surface area contributed by atoms with E-state index in [9.17, 15) is 9.18 Å². The summed E-state index contributed by atoms with van der Waals surface area (Å²) in [6, 6.07) is 10.8. The number of aromatic nitrogens is 5. The highest BCUT2D eigenvalue weighted by Gasteiger charge is 2.30. The highest BCUT2D eigenvalue weighted by molar-refractivity contribution is 5.99. The molecule has 1 fully saturated rings. The number of halogens is 1. The largest absolute Gasteiger partial charge is 0.488 e. The number of aromatic amines is 1. The second-order valence-electron chi connectivity index (χ2n) is 9.56. The summed E-state index contributed by atoms with van der Waals surface area (Å²) >= 11 is 0. The number of nitrogens with zero attached hydrogens (tertiary/aromatic N) is 4. The normalized spacial score (nSPS) is 16.2. The Labute approximate surface area is 210 Å². The molecule has 1 aliphatic carbocycles. The van der Waals surface area contributed by atoms with Crippen molar-refractivity contribution in [3.63, 3.8) is 0 Å². The fourth-order valence-electron chi connectivity index (χ4n) is 5.19. The predicted molar refractivity (Wildman–Crippen MR) is 134 cm³/mol. The van der Waals surface area contributed by atoms with Crippen molar-refractivity contribution in [2.24, 2.45) is 0 Å². The van der Waals surface area contributed by atoms with Crippen LogP contribution in [0, 0.1) is 5.82 Å². The zero-order valence-electron chi connectivity index (χ0n) is 20.0. The van der Waals surface area contributed by atoms with Gasteiger partial charge in [-0.25, -0.2) is 14.2 Å². The van der Waals surface area contributed by atoms with E-state index in [2.05, 4.69) is 37.7 Å². The summed E-state index contributed by atoms with van der Waals surface area (Å²) in [5, 5.41) is 3.88. The molecule has 7 rings (SSSR count). The molecular formula is C28H22FN5O3. The smallest absolute Gasteiger partial charge is 0.439 e. The molecule has 184 valence electrons. The van der Waals surface area contributed by atoms with Crippen molar-refractivity contribution in [1.29, 1.82) is 0 Å². The van der Waals surface area contributed by atoms with Crippen molar-refractivity contribution in [2.45, 2.75) is 38.7 Å². The third kappa shape index (κ3) is 3.74. The Hall–Kier alpha value is -4.53. The fourth-order valence-corrected chi connectivity index (χ4v) is 5.19. The van der Waals surface area contributed by atoms with Gasteiger partial charge in [0.2, 0.25) is 0 Å². The summed E-state index contributed by atoms with van der Waals surface area (Å²) in [7, 11) is 0. The number of rotatable bonds is 4. The zero-order valence-corrected chi connectivity index (χ0v) is 20.0. The Morgan fingerprint density at radius 1 is 1.19 bits per heavy atom. The maximum absolute atomic E-state index is 14.1. The third-order valence-electron chi connectivity index (χ3n) is 7.10. The summed E-state index contributed by atoms with van der Waals surface area (Å²) in [4.78, 5) is 23.4. The van der Waals surface area contributed by atoms with Crippen molar-refractivity contribution < 1.29 is 13.7 Å². The average molecular weight is 496 g/mol. The number of allylic oxidation sites excluding steroid dienone is 1. The highest BCUT2D eigenvalue weighted by atomic mass is 19.1. The van der Waals surface area contributed by atoms with Gasteiger partial charge in [0.25, 0.3) is 0 Å². The Balaban J connectivity index is 1.36. The lowest BCUT2D eigenvalue weighted by molar-refractivity contribution is 0.305. The van der Waals surface area contributed by atoms with Gasteiger partial charge in [0.1, 0.15) is 18.2 Å². The van der Waals surface area contributed by atoms with E-state index in [0.717, 1.165) is 52.0 Å². The van der Waals surface area contributed by atoms with E-state index in [4.69, 9.17) is 14.2 Å². The molecule has 0 spiro atoms. The SMILES string of the molecule is CC(=C1c2ccc(Cc3c(C4CC4)nc4cnccn34)cc2COc2cc(F)ccc21)c1noc(=O)[nH]1. The summed E-state index contributed by atoms with van der Waals surface area (Å²) in [5.41, 5.74) is 8.41. The lowest BCUT2D eigenvalue weighted by Crippen LogP contribution is -2.02. The number of fused-ring (bicyclic) bond motifs is 3. The highest BCUT2D eigenvalue weighted by Crippen LogP contribution is 2.43. The first-order valence-corrected chi connectivity index (χ1v) is 12.2. The third-order valence-corrected chi connectivity index (χ3v) is 7.10. The molecule has 0 atom stereocenters. The molecule has 1 saturated carbocycles. The van der Waals surface area contributed by atoms with Crippen molar-refractivity contribution in [2.75, 3.05) is 0 Å². The van der Waals surface area contributed by atoms with E-state index in [1.807, 2.05) is 13.1 Å². The molecule has 3 aromatic heterocycles. The maximum atomic E-state index is 14.1. The molecule has 0 unspecified atom stereocenters. The Morgan fingerprint density at radius 2 is 2.05 bits per heavy atom. The van der Waals surface area contributed by atoms with Gasteiger partial charge in [-0.1, -0.05) is 23.4 Å². The van der Waals surface area contributed by atoms with E-state index in [1.165, 1.54) is 17.8 Å². The molecule has 8 nitrogen and oxygen atoms in total. The number of ether oxygens (including phenoxy) is 1. The van der Waals surface area contributed by atoms with Crippen LogP contribution in [-0.4, -0.2) is 24.5 Å². The van der Waals surface area contributed by atoms with Crippen molar-refractivity contribution in [1.82, 2.24) is 24.5 Å². The molecule has 1 aliphatic heterocycles. The number of nitrogens with one attached hydrogen (secondary N) is 1. The van der Waals surface area contributed by atoms with Gasteiger partial charge in [-0.15, -0.1) is 0 Å². The molecule has 2 aromatic carbocycles. The van der Waals surface area contributed by atoms with Crippen molar-refractivity contribution in [3.8, 4) is 5.75 Å². The number of H-pyrrole nitrogens is 1. The molecule has 9 heteroatoms. The molecule has 0 saturated heterocycles. The molecule has 5 aromatic rings. The monoisotopic (exact) mass is 495 g/mol. The second kappa shape index (κ2) is 8.26. The summed E-state index contributed by atoms with van der Waals surface area (Å²) < 4.78 is 27.1. The molecule has 1 N–H and O–H groups in total. The van der Waals surface area contributed by atoms with E-state index in [-0.39, 0.29) is 12.4 Å². The Bertz CT molecular complexity index is 1780. The van der Waals surface area contributed by atoms with Crippen LogP contribution in [0.25, 0.3) is 16.8 Å². The maximum Gasteiger partial charge on any atom is 0.439 e. The van der Waals surface area contributed by atoms with Crippen LogP contribution in [0.3, 0.4) is 0 Å². The van der Waals surface area contributed by atoms with E-state index >= 15 is 0 Å². The first-order valence-electron chi connectivity index (χ1n) is 12.2. The molecular weight excluding hydrogens is 473 g/mol. The van der Waals surface area contributed by atoms with Gasteiger partial charge in [-0.2, -0.15) is 0 Å². The van der Waals surface area contributed by atoms with E-state index < -0.39 is 5.76 Å². The predicted octanol–water partition coefficient (Wildman–Crippen LogP) is 4.88. The minimum absolute atomic E-state index is 0.276. The fraction of sp³-hybridized carbons (Fsp3) is 0.214. The van der Waals surface area contributed by atoms with Gasteiger partial charge >= 0.3 is 5.76 Å². The van der Waals surface area contributed by atoms with Crippen LogP contribution in [0.5, 0.6) is 5.75 Å². The zero-order chi connectivity index (χ0) is 25.1. The number of benzene rings is 2. The van der Waals surface area contributed by atoms with E-state index in [1.54, 1.807) is 18.5 Å². The van der Waals surface area contributed by atoms with Crippen LogP contribution >= 0.6 is 0 Å². The van der Waals surface area contributed by atoms with E-state index in [0.29, 0.717) is 29.5 Å². The number of imidazole rings is 1.